The van der Waals surface area contributed by atoms with Gasteiger partial charge in [-0.3, -0.25) is 9.59 Å². The highest BCUT2D eigenvalue weighted by Gasteiger charge is 2.19. The standard InChI is InChI=1S/C27H35N3O3S/c1-19(2)24(31)13-16-33-17-14-28-26(32)12-15-29(4)22-9-7-21(8-10-22)27-30(5)23-11-6-20(3)18-25(23)34-27/h6-11,18-19H,12-17H2,1-5H3/p+1. The van der Waals surface area contributed by atoms with Gasteiger partial charge in [-0.05, 0) is 42.8 Å². The quantitative estimate of drug-likeness (QED) is 0.309. The van der Waals surface area contributed by atoms with E-state index >= 15 is 0 Å². The molecule has 1 amide bonds. The maximum absolute atomic E-state index is 12.1. The molecule has 0 aliphatic rings. The number of benzene rings is 2. The fourth-order valence-corrected chi connectivity index (χ4v) is 4.94. The molecular formula is C27H36N3O3S+. The van der Waals surface area contributed by atoms with E-state index < -0.39 is 0 Å². The van der Waals surface area contributed by atoms with Gasteiger partial charge in [-0.1, -0.05) is 31.3 Å². The van der Waals surface area contributed by atoms with Crippen molar-refractivity contribution in [3.63, 3.8) is 0 Å². The number of Topliss-reactive ketones (excluding diaryl/α,β-unsaturated/α-hetero) is 1. The fourth-order valence-electron chi connectivity index (χ4n) is 3.69. The zero-order chi connectivity index (χ0) is 24.7. The van der Waals surface area contributed by atoms with Crippen LogP contribution in [-0.2, 0) is 21.4 Å². The number of hydrogen-bond donors (Lipinski definition) is 1. The number of thiazole rings is 1. The van der Waals surface area contributed by atoms with Crippen molar-refractivity contribution in [3.8, 4) is 10.6 Å². The Morgan fingerprint density at radius 1 is 1.09 bits per heavy atom. The average molecular weight is 483 g/mol. The number of aryl methyl sites for hydroxylation is 2. The molecule has 0 saturated heterocycles. The van der Waals surface area contributed by atoms with E-state index in [-0.39, 0.29) is 17.6 Å². The van der Waals surface area contributed by atoms with Gasteiger partial charge in [0.1, 0.15) is 17.5 Å². The predicted molar refractivity (Wildman–Crippen MR) is 139 cm³/mol. The molecular weight excluding hydrogens is 446 g/mol. The van der Waals surface area contributed by atoms with Crippen LogP contribution in [0.5, 0.6) is 0 Å². The molecule has 3 aromatic rings. The van der Waals surface area contributed by atoms with Gasteiger partial charge in [0.15, 0.2) is 0 Å². The van der Waals surface area contributed by atoms with Crippen LogP contribution in [0.4, 0.5) is 5.69 Å². The summed E-state index contributed by atoms with van der Waals surface area (Å²) in [5.74, 6) is 0.241. The van der Waals surface area contributed by atoms with Crippen LogP contribution in [0.15, 0.2) is 42.5 Å². The van der Waals surface area contributed by atoms with Crippen molar-refractivity contribution in [2.24, 2.45) is 13.0 Å². The Kier molecular flexibility index (Phi) is 9.19. The number of carbonyl (C=O) groups is 2. The first-order valence-corrected chi connectivity index (χ1v) is 12.7. The Balaban J connectivity index is 1.43. The Morgan fingerprint density at radius 3 is 2.53 bits per heavy atom. The van der Waals surface area contributed by atoms with E-state index in [0.29, 0.717) is 39.1 Å². The number of hydrogen-bond acceptors (Lipinski definition) is 5. The summed E-state index contributed by atoms with van der Waals surface area (Å²) in [7, 11) is 4.11. The molecule has 0 saturated carbocycles. The lowest BCUT2D eigenvalue weighted by molar-refractivity contribution is -0.629. The molecule has 0 atom stereocenters. The highest BCUT2D eigenvalue weighted by atomic mass is 32.1. The highest BCUT2D eigenvalue weighted by Crippen LogP contribution is 2.30. The number of ether oxygens (including phenoxy) is 1. The normalized spacial score (nSPS) is 11.2. The van der Waals surface area contributed by atoms with Crippen molar-refractivity contribution >= 4 is 38.9 Å². The minimum absolute atomic E-state index is 0.00193. The minimum atomic E-state index is -0.00193. The second kappa shape index (κ2) is 12.1. The number of amides is 1. The third kappa shape index (κ3) is 6.87. The molecule has 0 unspecified atom stereocenters. The van der Waals surface area contributed by atoms with E-state index in [9.17, 15) is 9.59 Å². The molecule has 0 radical (unpaired) electrons. The summed E-state index contributed by atoms with van der Waals surface area (Å²) in [6, 6.07) is 15.1. The molecule has 182 valence electrons. The lowest BCUT2D eigenvalue weighted by Gasteiger charge is -2.19. The van der Waals surface area contributed by atoms with Crippen LogP contribution in [0.3, 0.4) is 0 Å². The van der Waals surface area contributed by atoms with E-state index in [1.54, 1.807) is 11.3 Å². The monoisotopic (exact) mass is 482 g/mol. The van der Waals surface area contributed by atoms with Gasteiger partial charge >= 0.3 is 0 Å². The van der Waals surface area contributed by atoms with Gasteiger partial charge in [-0.25, -0.2) is 0 Å². The van der Waals surface area contributed by atoms with E-state index in [0.717, 1.165) is 5.69 Å². The van der Waals surface area contributed by atoms with Crippen LogP contribution < -0.4 is 14.8 Å². The van der Waals surface area contributed by atoms with Crippen molar-refractivity contribution in [1.29, 1.82) is 0 Å². The van der Waals surface area contributed by atoms with Gasteiger partial charge in [0.2, 0.25) is 11.4 Å². The second-order valence-corrected chi connectivity index (χ2v) is 10.0. The molecule has 3 rings (SSSR count). The van der Waals surface area contributed by atoms with E-state index in [1.807, 2.05) is 20.9 Å². The SMILES string of the molecule is Cc1ccc2c(c1)sc(-c1ccc(N(C)CCC(=O)NCCOCCC(=O)C(C)C)cc1)[n+]2C. The average Bonchev–Trinajstić information content (AvgIpc) is 3.14. The molecule has 0 fully saturated rings. The first-order chi connectivity index (χ1) is 16.3. The van der Waals surface area contributed by atoms with Gasteiger partial charge in [0, 0.05) is 50.7 Å². The Morgan fingerprint density at radius 2 is 1.82 bits per heavy atom. The van der Waals surface area contributed by atoms with E-state index in [4.69, 9.17) is 4.74 Å². The lowest BCUT2D eigenvalue weighted by Crippen LogP contribution is -2.31. The molecule has 0 bridgehead atoms. The van der Waals surface area contributed by atoms with Crippen molar-refractivity contribution < 1.29 is 18.9 Å². The highest BCUT2D eigenvalue weighted by molar-refractivity contribution is 7.21. The summed E-state index contributed by atoms with van der Waals surface area (Å²) >= 11 is 1.80. The fraction of sp³-hybridized carbons (Fsp3) is 0.444. The van der Waals surface area contributed by atoms with Gasteiger partial charge in [0.05, 0.1) is 18.8 Å². The number of ketones is 1. The van der Waals surface area contributed by atoms with Crippen LogP contribution in [0, 0.1) is 12.8 Å². The smallest absolute Gasteiger partial charge is 0.269 e. The molecule has 0 spiro atoms. The zero-order valence-electron chi connectivity index (χ0n) is 20.9. The Hall–Kier alpha value is -2.77. The van der Waals surface area contributed by atoms with E-state index in [1.165, 1.54) is 26.4 Å². The van der Waals surface area contributed by atoms with Crippen LogP contribution in [0.2, 0.25) is 0 Å². The lowest BCUT2D eigenvalue weighted by atomic mass is 10.1. The number of carbonyl (C=O) groups excluding carboxylic acids is 2. The van der Waals surface area contributed by atoms with Crippen molar-refractivity contribution in [2.45, 2.75) is 33.6 Å². The first kappa shape index (κ1) is 25.8. The number of fused-ring (bicyclic) bond motifs is 1. The Bertz CT molecular complexity index is 1120. The molecule has 1 heterocycles. The Labute approximate surface area is 206 Å². The number of nitrogens with zero attached hydrogens (tertiary/aromatic N) is 2. The molecule has 0 aliphatic carbocycles. The first-order valence-electron chi connectivity index (χ1n) is 11.8. The number of anilines is 1. The summed E-state index contributed by atoms with van der Waals surface area (Å²) < 4.78 is 8.97. The van der Waals surface area contributed by atoms with Crippen LogP contribution in [-0.4, -0.2) is 45.0 Å². The number of aromatic nitrogens is 1. The molecule has 7 heteroatoms. The topological polar surface area (TPSA) is 62.5 Å². The zero-order valence-corrected chi connectivity index (χ0v) is 21.7. The van der Waals surface area contributed by atoms with Crippen LogP contribution in [0.25, 0.3) is 20.8 Å². The van der Waals surface area contributed by atoms with E-state index in [2.05, 4.69) is 71.2 Å². The third-order valence-electron chi connectivity index (χ3n) is 5.92. The summed E-state index contributed by atoms with van der Waals surface area (Å²) in [5, 5.41) is 4.10. The molecule has 1 N–H and O–H groups in total. The van der Waals surface area contributed by atoms with Crippen LogP contribution in [0.1, 0.15) is 32.3 Å². The second-order valence-electron chi connectivity index (χ2n) is 8.99. The van der Waals surface area contributed by atoms with Gasteiger partial charge in [-0.15, -0.1) is 0 Å². The largest absolute Gasteiger partial charge is 0.379 e. The maximum atomic E-state index is 12.1. The van der Waals surface area contributed by atoms with Crippen LogP contribution >= 0.6 is 11.3 Å². The van der Waals surface area contributed by atoms with Gasteiger partial charge in [0.25, 0.3) is 5.01 Å². The molecule has 0 aliphatic heterocycles. The maximum Gasteiger partial charge on any atom is 0.269 e. The summed E-state index contributed by atoms with van der Waals surface area (Å²) in [4.78, 5) is 25.8. The summed E-state index contributed by atoms with van der Waals surface area (Å²) in [6.45, 7) is 7.81. The number of nitrogens with one attached hydrogen (secondary N) is 1. The third-order valence-corrected chi connectivity index (χ3v) is 7.17. The molecule has 6 nitrogen and oxygen atoms in total. The summed E-state index contributed by atoms with van der Waals surface area (Å²) in [6.07, 6.45) is 0.838. The molecule has 1 aromatic heterocycles. The van der Waals surface area contributed by atoms with Crippen molar-refractivity contribution in [1.82, 2.24) is 5.32 Å². The van der Waals surface area contributed by atoms with Crippen molar-refractivity contribution in [3.05, 3.63) is 48.0 Å². The minimum Gasteiger partial charge on any atom is -0.379 e. The molecule has 34 heavy (non-hydrogen) atoms. The summed E-state index contributed by atoms with van der Waals surface area (Å²) in [5.41, 5.74) is 4.78. The number of rotatable bonds is 12. The van der Waals surface area contributed by atoms with Crippen molar-refractivity contribution in [2.75, 3.05) is 38.3 Å². The predicted octanol–water partition coefficient (Wildman–Crippen LogP) is 4.28. The van der Waals surface area contributed by atoms with Gasteiger partial charge in [-0.2, -0.15) is 4.57 Å². The molecule has 2 aromatic carbocycles. The van der Waals surface area contributed by atoms with Gasteiger partial charge < -0.3 is 15.0 Å².